The number of thiazole rings is 1. The van der Waals surface area contributed by atoms with E-state index in [0.717, 1.165) is 16.2 Å². The van der Waals surface area contributed by atoms with Gasteiger partial charge in [-0.2, -0.15) is 13.2 Å². The molecule has 34 heavy (non-hydrogen) atoms. The van der Waals surface area contributed by atoms with Crippen LogP contribution in [0.3, 0.4) is 0 Å². The minimum absolute atomic E-state index is 0.0677. The fourth-order valence-corrected chi connectivity index (χ4v) is 5.82. The lowest BCUT2D eigenvalue weighted by molar-refractivity contribution is -0.170. The van der Waals surface area contributed by atoms with Crippen LogP contribution in [0.5, 0.6) is 0 Å². The van der Waals surface area contributed by atoms with Crippen LogP contribution in [-0.4, -0.2) is 35.9 Å². The molecule has 0 aliphatic carbocycles. The standard InChI is InChI=1S/C22H17F3N4O3S2/c1-13-10-15-11-17(6-7-19(15)29(13)20(30)22(23,24)25)34(31,32)27-16-4-2-14(3-5-16)18-12-28-8-9-33-21(28)26-18/h2-9,11-13,27H,10H2,1H3. The van der Waals surface area contributed by atoms with Gasteiger partial charge in [-0.3, -0.25) is 13.9 Å². The Morgan fingerprint density at radius 3 is 2.59 bits per heavy atom. The number of hydrogen-bond acceptors (Lipinski definition) is 5. The van der Waals surface area contributed by atoms with E-state index in [1.54, 1.807) is 24.3 Å². The Balaban J connectivity index is 1.37. The minimum Gasteiger partial charge on any atom is -0.301 e. The van der Waals surface area contributed by atoms with Crippen molar-refractivity contribution in [2.75, 3.05) is 9.62 Å². The molecule has 0 radical (unpaired) electrons. The average molecular weight is 507 g/mol. The molecule has 2 aromatic heterocycles. The van der Waals surface area contributed by atoms with Gasteiger partial charge in [-0.05, 0) is 49.2 Å². The summed E-state index contributed by atoms with van der Waals surface area (Å²) in [5.74, 6) is -1.97. The van der Waals surface area contributed by atoms with Crippen LogP contribution in [0, 0.1) is 0 Å². The summed E-state index contributed by atoms with van der Waals surface area (Å²) in [5, 5.41) is 1.93. The maximum absolute atomic E-state index is 13.0. The van der Waals surface area contributed by atoms with E-state index in [-0.39, 0.29) is 17.0 Å². The molecule has 3 heterocycles. The van der Waals surface area contributed by atoms with Gasteiger partial charge in [0.05, 0.1) is 10.6 Å². The fourth-order valence-electron chi connectivity index (χ4n) is 4.01. The molecule has 0 bridgehead atoms. The van der Waals surface area contributed by atoms with Gasteiger partial charge in [-0.15, -0.1) is 11.3 Å². The highest BCUT2D eigenvalue weighted by Gasteiger charge is 2.47. The maximum atomic E-state index is 13.0. The van der Waals surface area contributed by atoms with Crippen molar-refractivity contribution in [3.63, 3.8) is 0 Å². The van der Waals surface area contributed by atoms with Gasteiger partial charge in [0.15, 0.2) is 4.96 Å². The second kappa shape index (κ2) is 7.84. The normalized spacial score (nSPS) is 16.1. The summed E-state index contributed by atoms with van der Waals surface area (Å²) in [6.45, 7) is 1.49. The number of carbonyl (C=O) groups is 1. The third-order valence-electron chi connectivity index (χ3n) is 5.56. The topological polar surface area (TPSA) is 83.8 Å². The van der Waals surface area contributed by atoms with E-state index in [1.165, 1.54) is 36.5 Å². The summed E-state index contributed by atoms with van der Waals surface area (Å²) >= 11 is 1.51. The molecule has 0 saturated carbocycles. The van der Waals surface area contributed by atoms with Gasteiger partial charge in [0.1, 0.15) is 0 Å². The summed E-state index contributed by atoms with van der Waals surface area (Å²) < 4.78 is 69.1. The van der Waals surface area contributed by atoms with Gasteiger partial charge in [0.2, 0.25) is 0 Å². The number of hydrogen-bond donors (Lipinski definition) is 1. The zero-order valence-electron chi connectivity index (χ0n) is 17.6. The van der Waals surface area contributed by atoms with Crippen LogP contribution in [0.15, 0.2) is 65.1 Å². The third kappa shape index (κ3) is 3.92. The van der Waals surface area contributed by atoms with Crippen LogP contribution in [0.4, 0.5) is 24.5 Å². The molecule has 1 atom stereocenters. The number of benzene rings is 2. The number of imidazole rings is 1. The first-order chi connectivity index (χ1) is 16.0. The Kier molecular flexibility index (Phi) is 5.17. The fraction of sp³-hybridized carbons (Fsp3) is 0.182. The predicted octanol–water partition coefficient (Wildman–Crippen LogP) is 4.70. The number of carbonyl (C=O) groups excluding carboxylic acids is 1. The van der Waals surface area contributed by atoms with Crippen LogP contribution >= 0.6 is 11.3 Å². The minimum atomic E-state index is -5.01. The Bertz CT molecular complexity index is 1480. The maximum Gasteiger partial charge on any atom is 0.471 e. The molecule has 4 aromatic rings. The van der Waals surface area contributed by atoms with E-state index in [9.17, 15) is 26.4 Å². The highest BCUT2D eigenvalue weighted by molar-refractivity contribution is 7.92. The number of aromatic nitrogens is 2. The van der Waals surface area contributed by atoms with Crippen LogP contribution in [0.2, 0.25) is 0 Å². The molecule has 1 amide bonds. The van der Waals surface area contributed by atoms with Crippen LogP contribution in [0.1, 0.15) is 12.5 Å². The summed E-state index contributed by atoms with van der Waals surface area (Å²) in [6, 6.07) is 9.72. The molecule has 1 aliphatic heterocycles. The quantitative estimate of drug-likeness (QED) is 0.435. The number of amides is 1. The van der Waals surface area contributed by atoms with E-state index in [0.29, 0.717) is 16.2 Å². The van der Waals surface area contributed by atoms with Crippen molar-refractivity contribution >= 4 is 43.6 Å². The van der Waals surface area contributed by atoms with Crippen molar-refractivity contribution in [2.45, 2.75) is 30.5 Å². The Morgan fingerprint density at radius 2 is 1.91 bits per heavy atom. The summed E-state index contributed by atoms with van der Waals surface area (Å²) in [4.78, 5) is 17.7. The van der Waals surface area contributed by atoms with Crippen molar-refractivity contribution in [1.82, 2.24) is 9.38 Å². The van der Waals surface area contributed by atoms with Crippen molar-refractivity contribution in [1.29, 1.82) is 0 Å². The van der Waals surface area contributed by atoms with E-state index >= 15 is 0 Å². The van der Waals surface area contributed by atoms with Crippen molar-refractivity contribution in [2.24, 2.45) is 0 Å². The molecule has 2 aromatic carbocycles. The van der Waals surface area contributed by atoms with Crippen molar-refractivity contribution < 1.29 is 26.4 Å². The first-order valence-electron chi connectivity index (χ1n) is 10.1. The molecule has 0 spiro atoms. The highest BCUT2D eigenvalue weighted by Crippen LogP contribution is 2.37. The molecule has 5 rings (SSSR count). The largest absolute Gasteiger partial charge is 0.471 e. The third-order valence-corrected chi connectivity index (χ3v) is 7.71. The molecule has 7 nitrogen and oxygen atoms in total. The Morgan fingerprint density at radius 1 is 1.18 bits per heavy atom. The number of anilines is 2. The predicted molar refractivity (Wildman–Crippen MR) is 122 cm³/mol. The first-order valence-corrected chi connectivity index (χ1v) is 12.5. The second-order valence-electron chi connectivity index (χ2n) is 7.92. The van der Waals surface area contributed by atoms with E-state index in [4.69, 9.17) is 0 Å². The smallest absolute Gasteiger partial charge is 0.301 e. The summed E-state index contributed by atoms with van der Waals surface area (Å²) in [6.07, 6.45) is -1.12. The molecule has 12 heteroatoms. The zero-order valence-corrected chi connectivity index (χ0v) is 19.2. The second-order valence-corrected chi connectivity index (χ2v) is 10.5. The number of nitrogens with zero attached hydrogens (tertiary/aromatic N) is 3. The molecule has 0 fully saturated rings. The van der Waals surface area contributed by atoms with Crippen molar-refractivity contribution in [3.05, 3.63) is 65.8 Å². The number of alkyl halides is 3. The molecule has 0 saturated heterocycles. The van der Waals surface area contributed by atoms with E-state index < -0.39 is 28.1 Å². The summed E-state index contributed by atoms with van der Waals surface area (Å²) in [5.41, 5.74) is 2.33. The molecular weight excluding hydrogens is 489 g/mol. The Hall–Kier alpha value is -3.38. The van der Waals surface area contributed by atoms with Gasteiger partial charge < -0.3 is 4.90 Å². The zero-order chi connectivity index (χ0) is 24.3. The number of nitrogens with one attached hydrogen (secondary N) is 1. The number of sulfonamides is 1. The highest BCUT2D eigenvalue weighted by atomic mass is 32.2. The van der Waals surface area contributed by atoms with Crippen LogP contribution in [-0.2, 0) is 21.2 Å². The van der Waals surface area contributed by atoms with Gasteiger partial charge in [-0.25, -0.2) is 13.4 Å². The van der Waals surface area contributed by atoms with Gasteiger partial charge in [0, 0.05) is 40.8 Å². The Labute approximate surface area is 196 Å². The van der Waals surface area contributed by atoms with E-state index in [1.807, 2.05) is 22.2 Å². The van der Waals surface area contributed by atoms with Gasteiger partial charge in [0.25, 0.3) is 10.0 Å². The van der Waals surface area contributed by atoms with Gasteiger partial charge >= 0.3 is 12.1 Å². The molecular formula is C22H17F3N4O3S2. The summed E-state index contributed by atoms with van der Waals surface area (Å²) in [7, 11) is -4.00. The van der Waals surface area contributed by atoms with Crippen molar-refractivity contribution in [3.8, 4) is 11.3 Å². The number of halogens is 3. The van der Waals surface area contributed by atoms with Crippen LogP contribution in [0.25, 0.3) is 16.2 Å². The van der Waals surface area contributed by atoms with Gasteiger partial charge in [-0.1, -0.05) is 12.1 Å². The molecule has 1 unspecified atom stereocenters. The van der Waals surface area contributed by atoms with E-state index in [2.05, 4.69) is 9.71 Å². The number of rotatable bonds is 4. The monoisotopic (exact) mass is 506 g/mol. The molecule has 1 N–H and O–H groups in total. The average Bonchev–Trinajstić information content (AvgIpc) is 3.45. The SMILES string of the molecule is CC1Cc2cc(S(=O)(=O)Nc3ccc(-c4cn5ccsc5n4)cc3)ccc2N1C(=O)C(F)(F)F. The first kappa shape index (κ1) is 22.4. The van der Waals surface area contributed by atoms with Crippen LogP contribution < -0.4 is 9.62 Å². The number of fused-ring (bicyclic) bond motifs is 2. The molecule has 1 aliphatic rings. The lowest BCUT2D eigenvalue weighted by Gasteiger charge is -2.23. The lowest BCUT2D eigenvalue weighted by atomic mass is 10.1. The lowest BCUT2D eigenvalue weighted by Crippen LogP contribution is -2.44. The molecule has 176 valence electrons.